The number of rotatable bonds is 8. The molecule has 0 saturated heterocycles. The number of methoxy groups -OCH3 is 1. The number of nitrogens with one attached hydrogen (secondary N) is 1. The molecule has 0 saturated carbocycles. The van der Waals surface area contributed by atoms with Gasteiger partial charge in [-0.2, -0.15) is 0 Å². The Hall–Kier alpha value is -3.15. The topological polar surface area (TPSA) is 77.2 Å². The smallest absolute Gasteiger partial charge is 0.247 e. The molecule has 0 aliphatic carbocycles. The lowest BCUT2D eigenvalue weighted by Crippen LogP contribution is -2.25. The number of hydrogen-bond acceptors (Lipinski definition) is 5. The fraction of sp³-hybridized carbons (Fsp3) is 0.286. The van der Waals surface area contributed by atoms with Crippen LogP contribution in [0.15, 0.2) is 52.9 Å². The average Bonchev–Trinajstić information content (AvgIpc) is 3.16. The third-order valence-electron chi connectivity index (χ3n) is 4.23. The molecule has 0 bridgehead atoms. The minimum absolute atomic E-state index is 0.00379. The van der Waals surface area contributed by atoms with Gasteiger partial charge in [0, 0.05) is 24.9 Å². The maximum Gasteiger partial charge on any atom is 0.247 e. The first-order chi connectivity index (χ1) is 13.1. The molecule has 0 atom stereocenters. The highest BCUT2D eigenvalue weighted by molar-refractivity contribution is 5.76. The zero-order valence-electron chi connectivity index (χ0n) is 15.6. The van der Waals surface area contributed by atoms with Gasteiger partial charge in [-0.3, -0.25) is 4.79 Å². The van der Waals surface area contributed by atoms with E-state index >= 15 is 0 Å². The Labute approximate surface area is 158 Å². The molecule has 6 nitrogen and oxygen atoms in total. The van der Waals surface area contributed by atoms with Gasteiger partial charge >= 0.3 is 0 Å². The number of carbonyl (C=O) groups excluding carboxylic acids is 1. The molecule has 0 aliphatic rings. The summed E-state index contributed by atoms with van der Waals surface area (Å²) < 4.78 is 10.8. The van der Waals surface area contributed by atoms with Gasteiger partial charge in [-0.1, -0.05) is 29.8 Å². The lowest BCUT2D eigenvalue weighted by molar-refractivity contribution is -0.121. The number of carbonyl (C=O) groups is 1. The van der Waals surface area contributed by atoms with E-state index in [1.54, 1.807) is 7.11 Å². The van der Waals surface area contributed by atoms with E-state index in [1.165, 1.54) is 5.56 Å². The SMILES string of the molecule is COc1ccc(CCC(=O)NCCc2nnc(-c3ccc(C)cc3)o2)cc1. The Kier molecular flexibility index (Phi) is 6.20. The minimum Gasteiger partial charge on any atom is -0.497 e. The summed E-state index contributed by atoms with van der Waals surface area (Å²) in [5.74, 6) is 1.83. The molecule has 1 heterocycles. The van der Waals surface area contributed by atoms with E-state index in [9.17, 15) is 4.79 Å². The van der Waals surface area contributed by atoms with Crippen LogP contribution in [0.4, 0.5) is 0 Å². The van der Waals surface area contributed by atoms with E-state index in [2.05, 4.69) is 15.5 Å². The monoisotopic (exact) mass is 365 g/mol. The van der Waals surface area contributed by atoms with Crippen molar-refractivity contribution in [3.8, 4) is 17.2 Å². The molecule has 1 aromatic heterocycles. The molecule has 6 heteroatoms. The van der Waals surface area contributed by atoms with Gasteiger partial charge in [-0.25, -0.2) is 0 Å². The van der Waals surface area contributed by atoms with Crippen LogP contribution in [-0.4, -0.2) is 29.8 Å². The van der Waals surface area contributed by atoms with Gasteiger partial charge in [0.2, 0.25) is 17.7 Å². The summed E-state index contributed by atoms with van der Waals surface area (Å²) in [5, 5.41) is 11.0. The summed E-state index contributed by atoms with van der Waals surface area (Å²) in [4.78, 5) is 12.0. The molecule has 0 unspecified atom stereocenters. The quantitative estimate of drug-likeness (QED) is 0.662. The van der Waals surface area contributed by atoms with E-state index < -0.39 is 0 Å². The number of ether oxygens (including phenoxy) is 1. The van der Waals surface area contributed by atoms with Gasteiger partial charge in [0.05, 0.1) is 7.11 Å². The van der Waals surface area contributed by atoms with E-state index in [1.807, 2.05) is 55.5 Å². The second-order valence-corrected chi connectivity index (χ2v) is 6.32. The molecule has 0 aliphatic heterocycles. The first kappa shape index (κ1) is 18.6. The average molecular weight is 365 g/mol. The standard InChI is InChI=1S/C21H23N3O3/c1-15-3-8-17(9-4-15)21-24-23-20(27-21)13-14-22-19(25)12-7-16-5-10-18(26-2)11-6-16/h3-6,8-11H,7,12-14H2,1-2H3,(H,22,25). The van der Waals surface area contributed by atoms with Crippen LogP contribution in [0.25, 0.3) is 11.5 Å². The highest BCUT2D eigenvalue weighted by Crippen LogP contribution is 2.18. The van der Waals surface area contributed by atoms with Crippen LogP contribution in [-0.2, 0) is 17.6 Å². The third kappa shape index (κ3) is 5.41. The zero-order chi connectivity index (χ0) is 19.1. The van der Waals surface area contributed by atoms with Crippen LogP contribution in [0.3, 0.4) is 0 Å². The maximum absolute atomic E-state index is 12.0. The molecule has 0 radical (unpaired) electrons. The summed E-state index contributed by atoms with van der Waals surface area (Å²) >= 11 is 0. The molecule has 0 spiro atoms. The number of amides is 1. The van der Waals surface area contributed by atoms with Crippen molar-refractivity contribution in [2.24, 2.45) is 0 Å². The van der Waals surface area contributed by atoms with Gasteiger partial charge < -0.3 is 14.5 Å². The van der Waals surface area contributed by atoms with Crippen molar-refractivity contribution < 1.29 is 13.9 Å². The predicted molar refractivity (Wildman–Crippen MR) is 102 cm³/mol. The summed E-state index contributed by atoms with van der Waals surface area (Å²) in [6.45, 7) is 2.50. The maximum atomic E-state index is 12.0. The Bertz CT molecular complexity index is 870. The molecule has 1 N–H and O–H groups in total. The molecular weight excluding hydrogens is 342 g/mol. The van der Waals surface area contributed by atoms with Crippen molar-refractivity contribution >= 4 is 5.91 Å². The number of aryl methyl sites for hydroxylation is 2. The van der Waals surface area contributed by atoms with Crippen molar-refractivity contribution in [1.82, 2.24) is 15.5 Å². The second-order valence-electron chi connectivity index (χ2n) is 6.32. The van der Waals surface area contributed by atoms with E-state index in [4.69, 9.17) is 9.15 Å². The van der Waals surface area contributed by atoms with Crippen molar-refractivity contribution in [1.29, 1.82) is 0 Å². The minimum atomic E-state index is 0.00379. The van der Waals surface area contributed by atoms with Gasteiger partial charge in [-0.15, -0.1) is 10.2 Å². The molecule has 1 amide bonds. The molecular formula is C21H23N3O3. The van der Waals surface area contributed by atoms with Crippen molar-refractivity contribution in [2.45, 2.75) is 26.2 Å². The summed E-state index contributed by atoms with van der Waals surface area (Å²) in [7, 11) is 1.63. The largest absolute Gasteiger partial charge is 0.497 e. The molecule has 3 rings (SSSR count). The molecule has 140 valence electrons. The van der Waals surface area contributed by atoms with E-state index in [0.29, 0.717) is 37.6 Å². The number of benzene rings is 2. The van der Waals surface area contributed by atoms with Crippen LogP contribution in [0, 0.1) is 6.92 Å². The summed E-state index contributed by atoms with van der Waals surface area (Å²) in [5.41, 5.74) is 3.17. The van der Waals surface area contributed by atoms with Crippen molar-refractivity contribution in [3.63, 3.8) is 0 Å². The number of nitrogens with zero attached hydrogens (tertiary/aromatic N) is 2. The van der Waals surface area contributed by atoms with E-state index in [-0.39, 0.29) is 5.91 Å². The summed E-state index contributed by atoms with van der Waals surface area (Å²) in [6, 6.07) is 15.6. The van der Waals surface area contributed by atoms with Crippen LogP contribution >= 0.6 is 0 Å². The first-order valence-electron chi connectivity index (χ1n) is 8.93. The van der Waals surface area contributed by atoms with E-state index in [0.717, 1.165) is 16.9 Å². The third-order valence-corrected chi connectivity index (χ3v) is 4.23. The predicted octanol–water partition coefficient (Wildman–Crippen LogP) is 3.35. The fourth-order valence-corrected chi connectivity index (χ4v) is 2.61. The number of hydrogen-bond donors (Lipinski definition) is 1. The van der Waals surface area contributed by atoms with Crippen LogP contribution in [0.5, 0.6) is 5.75 Å². The second kappa shape index (κ2) is 8.98. The van der Waals surface area contributed by atoms with Crippen molar-refractivity contribution in [2.75, 3.05) is 13.7 Å². The lowest BCUT2D eigenvalue weighted by Gasteiger charge is -2.05. The fourth-order valence-electron chi connectivity index (χ4n) is 2.61. The molecule has 2 aromatic carbocycles. The van der Waals surface area contributed by atoms with Crippen LogP contribution in [0.2, 0.25) is 0 Å². The Morgan fingerprint density at radius 1 is 1.04 bits per heavy atom. The molecule has 27 heavy (non-hydrogen) atoms. The van der Waals surface area contributed by atoms with Gasteiger partial charge in [0.25, 0.3) is 0 Å². The van der Waals surface area contributed by atoms with Gasteiger partial charge in [0.1, 0.15) is 5.75 Å². The normalized spacial score (nSPS) is 10.6. The molecule has 0 fully saturated rings. The van der Waals surface area contributed by atoms with Gasteiger partial charge in [0.15, 0.2) is 0 Å². The summed E-state index contributed by atoms with van der Waals surface area (Å²) in [6.07, 6.45) is 1.63. The Morgan fingerprint density at radius 3 is 2.48 bits per heavy atom. The Balaban J connectivity index is 1.41. The molecule has 3 aromatic rings. The first-order valence-corrected chi connectivity index (χ1v) is 8.93. The Morgan fingerprint density at radius 2 is 1.78 bits per heavy atom. The van der Waals surface area contributed by atoms with Gasteiger partial charge in [-0.05, 0) is 43.2 Å². The highest BCUT2D eigenvalue weighted by atomic mass is 16.5. The van der Waals surface area contributed by atoms with Crippen molar-refractivity contribution in [3.05, 3.63) is 65.5 Å². The van der Waals surface area contributed by atoms with Crippen LogP contribution in [0.1, 0.15) is 23.4 Å². The highest BCUT2D eigenvalue weighted by Gasteiger charge is 2.09. The lowest BCUT2D eigenvalue weighted by atomic mass is 10.1. The number of aromatic nitrogens is 2. The van der Waals surface area contributed by atoms with Crippen LogP contribution < -0.4 is 10.1 Å². The zero-order valence-corrected chi connectivity index (χ0v) is 15.6.